The van der Waals surface area contributed by atoms with E-state index in [4.69, 9.17) is 4.52 Å². The molecule has 2 aromatic heterocycles. The molecule has 0 aliphatic rings. The fourth-order valence-corrected chi connectivity index (χ4v) is 1.81. The van der Waals surface area contributed by atoms with Crippen molar-refractivity contribution in [2.24, 2.45) is 7.05 Å². The summed E-state index contributed by atoms with van der Waals surface area (Å²) in [6.07, 6.45) is 3.36. The second kappa shape index (κ2) is 6.18. The van der Waals surface area contributed by atoms with Gasteiger partial charge in [-0.3, -0.25) is 9.59 Å². The average Bonchev–Trinajstić information content (AvgIpc) is 2.87. The van der Waals surface area contributed by atoms with Gasteiger partial charge in [0.15, 0.2) is 5.76 Å². The van der Waals surface area contributed by atoms with E-state index in [-0.39, 0.29) is 18.0 Å². The summed E-state index contributed by atoms with van der Waals surface area (Å²) in [5, 5.41) is 6.64. The molecule has 20 heavy (non-hydrogen) atoms. The molecule has 0 aliphatic heterocycles. The summed E-state index contributed by atoms with van der Waals surface area (Å²) >= 11 is 0. The smallest absolute Gasteiger partial charge is 0.253 e. The number of nitrogens with one attached hydrogen (secondary N) is 1. The van der Waals surface area contributed by atoms with Gasteiger partial charge in [-0.15, -0.1) is 0 Å². The fourth-order valence-electron chi connectivity index (χ4n) is 1.81. The number of hydrogen-bond donors (Lipinski definition) is 1. The van der Waals surface area contributed by atoms with Crippen LogP contribution >= 0.6 is 0 Å². The van der Waals surface area contributed by atoms with Crippen LogP contribution in [0.25, 0.3) is 0 Å². The van der Waals surface area contributed by atoms with Crippen LogP contribution in [0.5, 0.6) is 0 Å². The minimum atomic E-state index is -0.256. The van der Waals surface area contributed by atoms with Crippen LogP contribution in [0.1, 0.15) is 35.2 Å². The summed E-state index contributed by atoms with van der Waals surface area (Å²) < 4.78 is 6.49. The average molecular weight is 275 g/mol. The number of rotatable bonds is 5. The number of nitrogens with zero attached hydrogens (tertiary/aromatic N) is 2. The third-order valence-electron chi connectivity index (χ3n) is 2.89. The molecular weight excluding hydrogens is 258 g/mol. The van der Waals surface area contributed by atoms with Crippen molar-refractivity contribution in [1.82, 2.24) is 15.0 Å². The molecule has 0 saturated heterocycles. The minimum Gasteiger partial charge on any atom is -0.359 e. The molecule has 6 nitrogen and oxygen atoms in total. The van der Waals surface area contributed by atoms with Crippen molar-refractivity contribution in [2.75, 3.05) is 0 Å². The highest BCUT2D eigenvalue weighted by molar-refractivity contribution is 5.93. The zero-order valence-corrected chi connectivity index (χ0v) is 11.5. The monoisotopic (exact) mass is 275 g/mol. The van der Waals surface area contributed by atoms with Crippen molar-refractivity contribution in [3.05, 3.63) is 51.8 Å². The van der Waals surface area contributed by atoms with Crippen molar-refractivity contribution in [3.8, 4) is 0 Å². The topological polar surface area (TPSA) is 77.1 Å². The summed E-state index contributed by atoms with van der Waals surface area (Å²) in [7, 11) is 1.60. The normalized spacial score (nSPS) is 10.5. The van der Waals surface area contributed by atoms with E-state index in [9.17, 15) is 9.59 Å². The lowest BCUT2D eigenvalue weighted by atomic mass is 10.2. The third-order valence-corrected chi connectivity index (χ3v) is 2.89. The van der Waals surface area contributed by atoms with Crippen LogP contribution in [-0.4, -0.2) is 15.6 Å². The van der Waals surface area contributed by atoms with E-state index >= 15 is 0 Å². The van der Waals surface area contributed by atoms with Gasteiger partial charge < -0.3 is 14.4 Å². The summed E-state index contributed by atoms with van der Waals surface area (Å²) in [4.78, 5) is 23.2. The Hall–Kier alpha value is -2.37. The van der Waals surface area contributed by atoms with Gasteiger partial charge in [0, 0.05) is 25.4 Å². The SMILES string of the molecule is CCCc1cc(CNC(=O)c2ccc(=O)n(C)c2)on1. The molecule has 6 heteroatoms. The molecule has 106 valence electrons. The number of aryl methyl sites for hydroxylation is 2. The van der Waals surface area contributed by atoms with E-state index in [0.29, 0.717) is 11.3 Å². The van der Waals surface area contributed by atoms with Gasteiger partial charge in [0.1, 0.15) is 0 Å². The lowest BCUT2D eigenvalue weighted by Crippen LogP contribution is -2.25. The quantitative estimate of drug-likeness (QED) is 0.891. The fraction of sp³-hybridized carbons (Fsp3) is 0.357. The van der Waals surface area contributed by atoms with E-state index in [2.05, 4.69) is 17.4 Å². The van der Waals surface area contributed by atoms with E-state index in [1.165, 1.54) is 22.9 Å². The molecule has 0 bridgehead atoms. The van der Waals surface area contributed by atoms with Crippen molar-refractivity contribution in [2.45, 2.75) is 26.3 Å². The largest absolute Gasteiger partial charge is 0.359 e. The number of aromatic nitrogens is 2. The van der Waals surface area contributed by atoms with Crippen LogP contribution in [0.2, 0.25) is 0 Å². The highest BCUT2D eigenvalue weighted by Crippen LogP contribution is 2.06. The van der Waals surface area contributed by atoms with Crippen LogP contribution in [0.15, 0.2) is 33.7 Å². The standard InChI is InChI=1S/C14H17N3O3/c1-3-4-11-7-12(20-16-11)8-15-14(19)10-5-6-13(18)17(2)9-10/h5-7,9H,3-4,8H2,1-2H3,(H,15,19). The maximum atomic E-state index is 11.9. The van der Waals surface area contributed by atoms with Gasteiger partial charge in [0.25, 0.3) is 5.91 Å². The first-order chi connectivity index (χ1) is 9.60. The Kier molecular flexibility index (Phi) is 4.34. The van der Waals surface area contributed by atoms with Crippen LogP contribution in [-0.2, 0) is 20.0 Å². The van der Waals surface area contributed by atoms with Gasteiger partial charge in [0.2, 0.25) is 5.56 Å². The minimum absolute atomic E-state index is 0.152. The van der Waals surface area contributed by atoms with Gasteiger partial charge in [-0.2, -0.15) is 0 Å². The Bertz CT molecular complexity index is 658. The summed E-state index contributed by atoms with van der Waals surface area (Å²) in [5.74, 6) is 0.362. The zero-order chi connectivity index (χ0) is 14.5. The first kappa shape index (κ1) is 14.0. The molecule has 0 atom stereocenters. The number of hydrogen-bond acceptors (Lipinski definition) is 4. The number of carbonyl (C=O) groups is 1. The van der Waals surface area contributed by atoms with Crippen LogP contribution in [0.4, 0.5) is 0 Å². The Labute approximate surface area is 116 Å². The number of carbonyl (C=O) groups excluding carboxylic acids is 1. The lowest BCUT2D eigenvalue weighted by Gasteiger charge is -2.04. The molecule has 1 amide bonds. The highest BCUT2D eigenvalue weighted by Gasteiger charge is 2.09. The second-order valence-corrected chi connectivity index (χ2v) is 4.58. The molecule has 2 aromatic rings. The molecule has 2 rings (SSSR count). The summed E-state index contributed by atoms with van der Waals surface area (Å²) in [6.45, 7) is 2.34. The van der Waals surface area contributed by atoms with Crippen molar-refractivity contribution < 1.29 is 9.32 Å². The molecule has 0 saturated carbocycles. The van der Waals surface area contributed by atoms with Crippen LogP contribution in [0, 0.1) is 0 Å². The van der Waals surface area contributed by atoms with Gasteiger partial charge in [-0.1, -0.05) is 18.5 Å². The van der Waals surface area contributed by atoms with Crippen molar-refractivity contribution in [1.29, 1.82) is 0 Å². The maximum absolute atomic E-state index is 11.9. The van der Waals surface area contributed by atoms with Crippen LogP contribution in [0.3, 0.4) is 0 Å². The lowest BCUT2D eigenvalue weighted by molar-refractivity contribution is 0.0946. The van der Waals surface area contributed by atoms with E-state index in [0.717, 1.165) is 18.5 Å². The third kappa shape index (κ3) is 3.34. The summed E-state index contributed by atoms with van der Waals surface area (Å²) in [5.41, 5.74) is 1.17. The molecule has 2 heterocycles. The van der Waals surface area contributed by atoms with Gasteiger partial charge in [-0.05, 0) is 12.5 Å². The van der Waals surface area contributed by atoms with E-state index in [1.54, 1.807) is 7.05 Å². The zero-order valence-electron chi connectivity index (χ0n) is 11.5. The van der Waals surface area contributed by atoms with Crippen molar-refractivity contribution >= 4 is 5.91 Å². The van der Waals surface area contributed by atoms with E-state index < -0.39 is 0 Å². The molecule has 0 fully saturated rings. The molecular formula is C14H17N3O3. The predicted molar refractivity (Wildman–Crippen MR) is 73.4 cm³/mol. The Balaban J connectivity index is 1.97. The summed E-state index contributed by atoms with van der Waals surface area (Å²) in [6, 6.07) is 4.70. The van der Waals surface area contributed by atoms with Gasteiger partial charge in [-0.25, -0.2) is 0 Å². The first-order valence-electron chi connectivity index (χ1n) is 6.49. The Morgan fingerprint density at radius 2 is 2.25 bits per heavy atom. The molecule has 0 unspecified atom stereocenters. The molecule has 0 spiro atoms. The van der Waals surface area contributed by atoms with E-state index in [1.807, 2.05) is 6.07 Å². The number of pyridine rings is 1. The molecule has 0 aromatic carbocycles. The number of amides is 1. The Morgan fingerprint density at radius 3 is 2.95 bits per heavy atom. The second-order valence-electron chi connectivity index (χ2n) is 4.58. The van der Waals surface area contributed by atoms with Crippen molar-refractivity contribution in [3.63, 3.8) is 0 Å². The van der Waals surface area contributed by atoms with Gasteiger partial charge in [0.05, 0.1) is 17.8 Å². The Morgan fingerprint density at radius 1 is 1.45 bits per heavy atom. The van der Waals surface area contributed by atoms with Gasteiger partial charge >= 0.3 is 0 Å². The molecule has 0 aliphatic carbocycles. The maximum Gasteiger partial charge on any atom is 0.253 e. The molecule has 0 radical (unpaired) electrons. The predicted octanol–water partition coefficient (Wildman–Crippen LogP) is 1.26. The molecule has 1 N–H and O–H groups in total. The first-order valence-corrected chi connectivity index (χ1v) is 6.49. The highest BCUT2D eigenvalue weighted by atomic mass is 16.5. The van der Waals surface area contributed by atoms with Crippen LogP contribution < -0.4 is 10.9 Å².